The van der Waals surface area contributed by atoms with Crippen LogP contribution < -0.4 is 15.5 Å². The summed E-state index contributed by atoms with van der Waals surface area (Å²) in [5.74, 6) is 0.902. The van der Waals surface area contributed by atoms with Crippen LogP contribution in [-0.4, -0.2) is 48.4 Å². The van der Waals surface area contributed by atoms with Gasteiger partial charge < -0.3 is 15.5 Å². The minimum Gasteiger partial charge on any atom is -0.369 e. The fraction of sp³-hybridized carbons (Fsp3) is 0.500. The molecular formula is C20H29ClN6. The molecule has 0 radical (unpaired) electrons. The van der Waals surface area contributed by atoms with E-state index in [0.29, 0.717) is 6.04 Å². The summed E-state index contributed by atoms with van der Waals surface area (Å²) in [6, 6.07) is 8.45. The summed E-state index contributed by atoms with van der Waals surface area (Å²) in [5.41, 5.74) is 3.61. The third-order valence-electron chi connectivity index (χ3n) is 4.86. The molecule has 1 fully saturated rings. The van der Waals surface area contributed by atoms with Gasteiger partial charge in [0.15, 0.2) is 5.96 Å². The zero-order valence-corrected chi connectivity index (χ0v) is 16.9. The number of halogens is 1. The van der Waals surface area contributed by atoms with Crippen molar-refractivity contribution in [3.8, 4) is 0 Å². The quantitative estimate of drug-likeness (QED) is 0.387. The summed E-state index contributed by atoms with van der Waals surface area (Å²) >= 11 is 6.13. The van der Waals surface area contributed by atoms with Crippen molar-refractivity contribution in [3.63, 3.8) is 0 Å². The Hall–Kier alpha value is -2.21. The van der Waals surface area contributed by atoms with E-state index in [2.05, 4.69) is 45.6 Å². The van der Waals surface area contributed by atoms with Crippen LogP contribution in [0.15, 0.2) is 35.5 Å². The Bertz CT molecular complexity index is 756. The van der Waals surface area contributed by atoms with E-state index in [0.717, 1.165) is 62.1 Å². The van der Waals surface area contributed by atoms with Gasteiger partial charge in [-0.05, 0) is 56.9 Å². The highest BCUT2D eigenvalue weighted by molar-refractivity contribution is 6.30. The van der Waals surface area contributed by atoms with E-state index in [1.807, 2.05) is 24.4 Å². The largest absolute Gasteiger partial charge is 0.369 e. The van der Waals surface area contributed by atoms with Crippen molar-refractivity contribution < 1.29 is 0 Å². The topological polar surface area (TPSA) is 68.3 Å². The smallest absolute Gasteiger partial charge is 0.191 e. The first kappa shape index (κ1) is 19.5. The van der Waals surface area contributed by atoms with Crippen molar-refractivity contribution in [2.24, 2.45) is 4.99 Å². The number of hydrogen-bond acceptors (Lipinski definition) is 3. The Morgan fingerprint density at radius 1 is 1.44 bits per heavy atom. The number of aliphatic imine (C=N–C) groups is 1. The second-order valence-electron chi connectivity index (χ2n) is 6.94. The molecule has 7 heteroatoms. The van der Waals surface area contributed by atoms with Gasteiger partial charge >= 0.3 is 0 Å². The summed E-state index contributed by atoms with van der Waals surface area (Å²) in [5, 5.41) is 14.8. The van der Waals surface area contributed by atoms with Crippen LogP contribution in [0.1, 0.15) is 31.0 Å². The number of aromatic nitrogens is 2. The first-order valence-corrected chi connectivity index (χ1v) is 10.1. The van der Waals surface area contributed by atoms with Crippen molar-refractivity contribution >= 4 is 23.2 Å². The van der Waals surface area contributed by atoms with Crippen LogP contribution in [0.25, 0.3) is 0 Å². The maximum Gasteiger partial charge on any atom is 0.191 e. The first-order valence-electron chi connectivity index (χ1n) is 9.70. The monoisotopic (exact) mass is 388 g/mol. The second kappa shape index (κ2) is 9.65. The van der Waals surface area contributed by atoms with Gasteiger partial charge in [0, 0.05) is 48.6 Å². The Labute approximate surface area is 166 Å². The molecule has 1 atom stereocenters. The number of nitrogens with zero attached hydrogens (tertiary/aromatic N) is 3. The van der Waals surface area contributed by atoms with Gasteiger partial charge in [-0.1, -0.05) is 17.7 Å². The van der Waals surface area contributed by atoms with Crippen molar-refractivity contribution in [1.82, 2.24) is 20.8 Å². The Kier molecular flexibility index (Phi) is 6.98. The molecule has 0 spiro atoms. The molecule has 6 nitrogen and oxygen atoms in total. The van der Waals surface area contributed by atoms with E-state index in [1.165, 1.54) is 11.3 Å². The van der Waals surface area contributed by atoms with Crippen LogP contribution in [0.3, 0.4) is 0 Å². The third-order valence-corrected chi connectivity index (χ3v) is 5.09. The van der Waals surface area contributed by atoms with E-state index in [9.17, 15) is 0 Å². The fourth-order valence-electron chi connectivity index (χ4n) is 3.39. The second-order valence-corrected chi connectivity index (χ2v) is 7.38. The van der Waals surface area contributed by atoms with Gasteiger partial charge in [0.1, 0.15) is 0 Å². The normalized spacial score (nSPS) is 17.4. The molecule has 3 rings (SSSR count). The molecule has 27 heavy (non-hydrogen) atoms. The number of hydrogen-bond donors (Lipinski definition) is 3. The minimum atomic E-state index is 0.387. The first-order chi connectivity index (χ1) is 13.2. The molecule has 0 saturated carbocycles. The number of nitrogens with one attached hydrogen (secondary N) is 3. The number of rotatable bonds is 7. The van der Waals surface area contributed by atoms with E-state index >= 15 is 0 Å². The fourth-order valence-corrected chi connectivity index (χ4v) is 3.57. The van der Waals surface area contributed by atoms with Crippen LogP contribution in [0, 0.1) is 6.92 Å². The summed E-state index contributed by atoms with van der Waals surface area (Å²) in [6.45, 7) is 7.79. The van der Waals surface area contributed by atoms with Crippen molar-refractivity contribution in [1.29, 1.82) is 0 Å². The lowest BCUT2D eigenvalue weighted by atomic mass is 10.1. The predicted octanol–water partition coefficient (Wildman–Crippen LogP) is 3.14. The molecule has 2 aromatic rings. The summed E-state index contributed by atoms with van der Waals surface area (Å²) in [7, 11) is 0. The molecule has 1 aromatic carbocycles. The molecule has 1 aliphatic heterocycles. The van der Waals surface area contributed by atoms with Crippen LogP contribution in [0.5, 0.6) is 0 Å². The molecule has 1 saturated heterocycles. The van der Waals surface area contributed by atoms with Gasteiger partial charge in [-0.25, -0.2) is 0 Å². The molecule has 2 heterocycles. The lowest BCUT2D eigenvalue weighted by molar-refractivity contribution is 0.647. The number of benzene rings is 1. The average molecular weight is 389 g/mol. The van der Waals surface area contributed by atoms with Crippen molar-refractivity contribution in [2.45, 2.75) is 39.2 Å². The van der Waals surface area contributed by atoms with Crippen molar-refractivity contribution in [3.05, 3.63) is 46.7 Å². The van der Waals surface area contributed by atoms with Gasteiger partial charge in [-0.2, -0.15) is 5.10 Å². The van der Waals surface area contributed by atoms with E-state index in [-0.39, 0.29) is 0 Å². The lowest BCUT2D eigenvalue weighted by Crippen LogP contribution is -2.44. The molecule has 0 amide bonds. The number of guanidine groups is 1. The van der Waals surface area contributed by atoms with E-state index in [1.54, 1.807) is 0 Å². The molecule has 146 valence electrons. The Morgan fingerprint density at radius 2 is 2.33 bits per heavy atom. The van der Waals surface area contributed by atoms with Crippen LogP contribution in [0.4, 0.5) is 5.69 Å². The Morgan fingerprint density at radius 3 is 3.07 bits per heavy atom. The van der Waals surface area contributed by atoms with E-state index in [4.69, 9.17) is 16.6 Å². The molecule has 0 aliphatic carbocycles. The molecular weight excluding hydrogens is 360 g/mol. The van der Waals surface area contributed by atoms with Crippen LogP contribution in [-0.2, 0) is 6.42 Å². The highest BCUT2D eigenvalue weighted by Gasteiger charge is 2.23. The standard InChI is InChI=1S/C20H29ClN6/c1-3-22-20(23-10-5-6-16-13-24-26-15(16)2)25-18-9-11-27(14-18)19-8-4-7-17(21)12-19/h4,7-8,12-13,18H,3,5-6,9-11,14H2,1-2H3,(H,24,26)(H2,22,23,25). The minimum absolute atomic E-state index is 0.387. The van der Waals surface area contributed by atoms with Gasteiger partial charge in [-0.3, -0.25) is 10.1 Å². The van der Waals surface area contributed by atoms with E-state index < -0.39 is 0 Å². The van der Waals surface area contributed by atoms with Crippen LogP contribution >= 0.6 is 11.6 Å². The summed E-state index contributed by atoms with van der Waals surface area (Å²) in [6.07, 6.45) is 5.00. The molecule has 1 unspecified atom stereocenters. The Balaban J connectivity index is 1.49. The van der Waals surface area contributed by atoms with Gasteiger partial charge in [0.05, 0.1) is 6.20 Å². The molecule has 0 bridgehead atoms. The predicted molar refractivity (Wildman–Crippen MR) is 113 cm³/mol. The summed E-state index contributed by atoms with van der Waals surface area (Å²) < 4.78 is 0. The molecule has 1 aliphatic rings. The van der Waals surface area contributed by atoms with Crippen molar-refractivity contribution in [2.75, 3.05) is 31.1 Å². The van der Waals surface area contributed by atoms with Crippen LogP contribution in [0.2, 0.25) is 5.02 Å². The maximum absolute atomic E-state index is 6.13. The van der Waals surface area contributed by atoms with Gasteiger partial charge in [0.25, 0.3) is 0 Å². The zero-order valence-electron chi connectivity index (χ0n) is 16.1. The number of anilines is 1. The molecule has 1 aromatic heterocycles. The number of aromatic amines is 1. The zero-order chi connectivity index (χ0) is 19.1. The highest BCUT2D eigenvalue weighted by atomic mass is 35.5. The number of H-pyrrole nitrogens is 1. The highest BCUT2D eigenvalue weighted by Crippen LogP contribution is 2.23. The van der Waals surface area contributed by atoms with Gasteiger partial charge in [0.2, 0.25) is 0 Å². The SMILES string of the molecule is CCNC(=NCCCc1cn[nH]c1C)NC1CCN(c2cccc(Cl)c2)C1. The summed E-state index contributed by atoms with van der Waals surface area (Å²) in [4.78, 5) is 7.11. The number of aryl methyl sites for hydroxylation is 2. The molecule has 3 N–H and O–H groups in total. The van der Waals surface area contributed by atoms with Gasteiger partial charge in [-0.15, -0.1) is 0 Å². The third kappa shape index (κ3) is 5.63. The maximum atomic E-state index is 6.13. The lowest BCUT2D eigenvalue weighted by Gasteiger charge is -2.20. The average Bonchev–Trinajstić information content (AvgIpc) is 3.28.